The van der Waals surface area contributed by atoms with E-state index in [2.05, 4.69) is 5.32 Å². The summed E-state index contributed by atoms with van der Waals surface area (Å²) in [7, 11) is 1.47. The van der Waals surface area contributed by atoms with Crippen molar-refractivity contribution in [2.45, 2.75) is 12.5 Å². The minimum absolute atomic E-state index is 0.125. The molecule has 1 aromatic carbocycles. The number of nitrogens with two attached hydrogens (primary N) is 1. The molecular weight excluding hydrogens is 221 g/mol. The van der Waals surface area contributed by atoms with Gasteiger partial charge in [-0.15, -0.1) is 0 Å². The van der Waals surface area contributed by atoms with E-state index in [4.69, 9.17) is 5.73 Å². The van der Waals surface area contributed by atoms with Gasteiger partial charge in [-0.1, -0.05) is 0 Å². The largest absolute Gasteiger partial charge is 0.370 e. The molecule has 3 nitrogen and oxygen atoms in total. The number of rotatable bonds is 4. The van der Waals surface area contributed by atoms with Crippen molar-refractivity contribution in [3.63, 3.8) is 0 Å². The summed E-state index contributed by atoms with van der Waals surface area (Å²) in [5.74, 6) is -4.01. The van der Waals surface area contributed by atoms with Crippen LogP contribution in [0.4, 0.5) is 13.2 Å². The molecule has 0 bridgehead atoms. The molecular formula is C10H11F3N2O. The number of carbonyl (C=O) groups excluding carboxylic acids is 1. The molecule has 0 aliphatic carbocycles. The molecule has 1 aromatic rings. The Hall–Kier alpha value is -1.56. The predicted molar refractivity (Wildman–Crippen MR) is 51.9 cm³/mol. The van der Waals surface area contributed by atoms with Gasteiger partial charge in [0.05, 0.1) is 0 Å². The van der Waals surface area contributed by atoms with Crippen LogP contribution in [0.25, 0.3) is 0 Å². The fourth-order valence-corrected chi connectivity index (χ4v) is 1.37. The summed E-state index contributed by atoms with van der Waals surface area (Å²) in [5.41, 5.74) is 4.83. The molecule has 0 saturated heterocycles. The van der Waals surface area contributed by atoms with Crippen LogP contribution in [0.3, 0.4) is 0 Å². The van der Waals surface area contributed by atoms with Crippen molar-refractivity contribution >= 4 is 5.91 Å². The third-order valence-corrected chi connectivity index (χ3v) is 2.17. The molecule has 1 amide bonds. The van der Waals surface area contributed by atoms with Crippen LogP contribution in [0.2, 0.25) is 0 Å². The zero-order valence-electron chi connectivity index (χ0n) is 8.56. The summed E-state index contributed by atoms with van der Waals surface area (Å²) in [4.78, 5) is 10.7. The third kappa shape index (κ3) is 2.73. The molecule has 1 unspecified atom stereocenters. The third-order valence-electron chi connectivity index (χ3n) is 2.17. The molecule has 6 heteroatoms. The maximum Gasteiger partial charge on any atom is 0.219 e. The van der Waals surface area contributed by atoms with Gasteiger partial charge in [0.25, 0.3) is 0 Å². The molecule has 0 fully saturated rings. The highest BCUT2D eigenvalue weighted by molar-refractivity contribution is 5.74. The summed E-state index contributed by atoms with van der Waals surface area (Å²) in [6, 6.07) is 0.387. The van der Waals surface area contributed by atoms with E-state index in [0.29, 0.717) is 6.07 Å². The first-order chi connectivity index (χ1) is 7.45. The van der Waals surface area contributed by atoms with E-state index >= 15 is 0 Å². The van der Waals surface area contributed by atoms with E-state index in [1.54, 1.807) is 0 Å². The van der Waals surface area contributed by atoms with Gasteiger partial charge in [0.15, 0.2) is 11.6 Å². The maximum absolute atomic E-state index is 13.3. The van der Waals surface area contributed by atoms with Gasteiger partial charge >= 0.3 is 0 Å². The summed E-state index contributed by atoms with van der Waals surface area (Å²) in [6.45, 7) is 0. The highest BCUT2D eigenvalue weighted by Crippen LogP contribution is 2.22. The van der Waals surface area contributed by atoms with Crippen LogP contribution in [0.5, 0.6) is 0 Å². The van der Waals surface area contributed by atoms with Crippen LogP contribution < -0.4 is 11.1 Å². The molecule has 0 heterocycles. The van der Waals surface area contributed by atoms with Gasteiger partial charge < -0.3 is 11.1 Å². The van der Waals surface area contributed by atoms with Crippen LogP contribution in [-0.2, 0) is 4.79 Å². The zero-order valence-corrected chi connectivity index (χ0v) is 8.56. The van der Waals surface area contributed by atoms with E-state index < -0.39 is 29.4 Å². The van der Waals surface area contributed by atoms with Gasteiger partial charge in [0.1, 0.15) is 5.82 Å². The summed E-state index contributed by atoms with van der Waals surface area (Å²) in [6.07, 6.45) is -0.196. The second-order valence-corrected chi connectivity index (χ2v) is 3.30. The highest BCUT2D eigenvalue weighted by Gasteiger charge is 2.19. The van der Waals surface area contributed by atoms with Crippen molar-refractivity contribution in [3.05, 3.63) is 35.1 Å². The molecule has 3 N–H and O–H groups in total. The first-order valence-electron chi connectivity index (χ1n) is 4.55. The molecule has 0 aromatic heterocycles. The average molecular weight is 232 g/mol. The fraction of sp³-hybridized carbons (Fsp3) is 0.300. The number of carbonyl (C=O) groups is 1. The summed E-state index contributed by atoms with van der Waals surface area (Å²) < 4.78 is 38.9. The summed E-state index contributed by atoms with van der Waals surface area (Å²) >= 11 is 0. The van der Waals surface area contributed by atoms with Crippen molar-refractivity contribution in [2.24, 2.45) is 5.73 Å². The highest BCUT2D eigenvalue weighted by atomic mass is 19.2. The van der Waals surface area contributed by atoms with Crippen molar-refractivity contribution < 1.29 is 18.0 Å². The standard InChI is InChI=1S/C10H11F3N2O/c1-15-9(4-10(14)16)5-2-7(12)8(13)3-6(5)11/h2-3,9,15H,4H2,1H3,(H2,14,16). The maximum atomic E-state index is 13.3. The fourth-order valence-electron chi connectivity index (χ4n) is 1.37. The van der Waals surface area contributed by atoms with E-state index in [0.717, 1.165) is 6.07 Å². The first-order valence-corrected chi connectivity index (χ1v) is 4.55. The minimum atomic E-state index is -1.27. The van der Waals surface area contributed by atoms with Crippen molar-refractivity contribution in [1.82, 2.24) is 5.32 Å². The minimum Gasteiger partial charge on any atom is -0.370 e. The van der Waals surface area contributed by atoms with E-state index in [-0.39, 0.29) is 12.0 Å². The van der Waals surface area contributed by atoms with Gasteiger partial charge in [-0.3, -0.25) is 4.79 Å². The second-order valence-electron chi connectivity index (χ2n) is 3.30. The molecule has 0 aliphatic rings. The van der Waals surface area contributed by atoms with Crippen LogP contribution in [0.15, 0.2) is 12.1 Å². The quantitative estimate of drug-likeness (QED) is 0.767. The molecule has 1 rings (SSSR count). The molecule has 0 saturated carbocycles. The lowest BCUT2D eigenvalue weighted by atomic mass is 10.0. The van der Waals surface area contributed by atoms with Crippen molar-refractivity contribution in [3.8, 4) is 0 Å². The molecule has 16 heavy (non-hydrogen) atoms. The monoisotopic (exact) mass is 232 g/mol. The Morgan fingerprint density at radius 1 is 1.31 bits per heavy atom. The number of benzene rings is 1. The number of nitrogens with one attached hydrogen (secondary N) is 1. The van der Waals surface area contributed by atoms with E-state index in [1.165, 1.54) is 7.05 Å². The van der Waals surface area contributed by atoms with Crippen molar-refractivity contribution in [1.29, 1.82) is 0 Å². The smallest absolute Gasteiger partial charge is 0.219 e. The SMILES string of the molecule is CNC(CC(N)=O)c1cc(F)c(F)cc1F. The molecule has 1 atom stereocenters. The number of amides is 1. The van der Waals surface area contributed by atoms with Crippen molar-refractivity contribution in [2.75, 3.05) is 7.05 Å². The lowest BCUT2D eigenvalue weighted by Gasteiger charge is -2.15. The van der Waals surface area contributed by atoms with E-state index in [9.17, 15) is 18.0 Å². The van der Waals surface area contributed by atoms with Crippen LogP contribution in [0, 0.1) is 17.5 Å². The van der Waals surface area contributed by atoms with Gasteiger partial charge in [-0.25, -0.2) is 13.2 Å². The Bertz CT molecular complexity index is 409. The number of hydrogen-bond donors (Lipinski definition) is 2. The lowest BCUT2D eigenvalue weighted by Crippen LogP contribution is -2.24. The first kappa shape index (κ1) is 12.5. The van der Waals surface area contributed by atoms with Crippen LogP contribution in [0.1, 0.15) is 18.0 Å². The number of halogens is 3. The molecule has 0 radical (unpaired) electrons. The average Bonchev–Trinajstić information content (AvgIpc) is 2.20. The second kappa shape index (κ2) is 4.98. The Kier molecular flexibility index (Phi) is 3.89. The number of hydrogen-bond acceptors (Lipinski definition) is 2. The Balaban J connectivity index is 3.09. The van der Waals surface area contributed by atoms with Crippen LogP contribution >= 0.6 is 0 Å². The van der Waals surface area contributed by atoms with Gasteiger partial charge in [0.2, 0.25) is 5.91 Å². The predicted octanol–water partition coefficient (Wildman–Crippen LogP) is 1.24. The van der Waals surface area contributed by atoms with E-state index in [1.807, 2.05) is 0 Å². The molecule has 88 valence electrons. The lowest BCUT2D eigenvalue weighted by molar-refractivity contribution is -0.118. The normalized spacial score (nSPS) is 12.5. The van der Waals surface area contributed by atoms with Crippen LogP contribution in [-0.4, -0.2) is 13.0 Å². The molecule has 0 aliphatic heterocycles. The van der Waals surface area contributed by atoms with Gasteiger partial charge in [-0.05, 0) is 13.1 Å². The van der Waals surface area contributed by atoms with Gasteiger partial charge in [-0.2, -0.15) is 0 Å². The molecule has 0 spiro atoms. The Labute approximate surface area is 90.4 Å². The number of primary amides is 1. The Morgan fingerprint density at radius 2 is 1.88 bits per heavy atom. The zero-order chi connectivity index (χ0) is 12.3. The summed E-state index contributed by atoms with van der Waals surface area (Å²) in [5, 5.41) is 2.61. The topological polar surface area (TPSA) is 55.1 Å². The Morgan fingerprint density at radius 3 is 2.38 bits per heavy atom. The van der Waals surface area contributed by atoms with Gasteiger partial charge in [0, 0.05) is 24.1 Å².